The first-order valence-corrected chi connectivity index (χ1v) is 24.1. The fourth-order valence-electron chi connectivity index (χ4n) is 14.3. The highest BCUT2D eigenvalue weighted by Crippen LogP contribution is 2.65. The molecule has 4 atom stereocenters. The number of benzene rings is 8. The lowest BCUT2D eigenvalue weighted by Gasteiger charge is -2.42. The van der Waals surface area contributed by atoms with Gasteiger partial charge in [-0.1, -0.05) is 160 Å². The average molecular weight is 841 g/mol. The van der Waals surface area contributed by atoms with Crippen molar-refractivity contribution in [2.24, 2.45) is 0 Å². The number of fused-ring (bicyclic) bond motifs is 9. The predicted molar refractivity (Wildman–Crippen MR) is 271 cm³/mol. The van der Waals surface area contributed by atoms with Crippen molar-refractivity contribution in [1.82, 2.24) is 0 Å². The Morgan fingerprint density at radius 3 is 1.06 bits per heavy atom. The lowest BCUT2D eigenvalue weighted by atomic mass is 9.67. The molecule has 2 heteroatoms. The number of rotatable bonds is 6. The number of anilines is 4. The number of nitrogens with zero attached hydrogens (tertiary/aromatic N) is 2. The Morgan fingerprint density at radius 1 is 0.338 bits per heavy atom. The summed E-state index contributed by atoms with van der Waals surface area (Å²) in [7, 11) is 0. The molecule has 0 amide bonds. The summed E-state index contributed by atoms with van der Waals surface area (Å²) in [5.41, 5.74) is 21.0. The molecule has 2 heterocycles. The Morgan fingerprint density at radius 2 is 0.677 bits per heavy atom. The minimum Gasteiger partial charge on any atom is -0.334 e. The van der Waals surface area contributed by atoms with Crippen molar-refractivity contribution in [2.75, 3.05) is 9.80 Å². The van der Waals surface area contributed by atoms with Gasteiger partial charge in [-0.15, -0.1) is 0 Å². The van der Waals surface area contributed by atoms with Crippen LogP contribution in [0.5, 0.6) is 0 Å². The standard InChI is InChI=1S/C63H56N2/c1-59-35-17-37-61(59,3)64(49-23-13-7-14-24-49)57-33-29-45(41-55(57)59)43-27-31-51-52-32-28-44(40-54(52)63(53(51)39-43,47-19-9-5-10-20-47)48-21-11-6-12-22-48)46-30-34-58-56(42-46)60(2)36-18-38-62(60,4)65(58)50-25-15-8-16-26-50/h5-16,19-34,39-42H,17-18,35-38H2,1-4H3. The van der Waals surface area contributed by atoms with E-state index in [0.717, 1.165) is 0 Å². The van der Waals surface area contributed by atoms with E-state index in [0.29, 0.717) is 0 Å². The molecule has 8 aromatic rings. The molecule has 5 aliphatic rings. The summed E-state index contributed by atoms with van der Waals surface area (Å²) in [5, 5.41) is 0. The van der Waals surface area contributed by atoms with Crippen molar-refractivity contribution in [1.29, 1.82) is 0 Å². The normalized spacial score (nSPS) is 25.2. The molecule has 65 heavy (non-hydrogen) atoms. The Hall–Kier alpha value is -6.64. The number of hydrogen-bond acceptors (Lipinski definition) is 2. The molecule has 3 aliphatic carbocycles. The van der Waals surface area contributed by atoms with E-state index in [9.17, 15) is 0 Å². The van der Waals surface area contributed by atoms with Crippen molar-refractivity contribution in [3.63, 3.8) is 0 Å². The average Bonchev–Trinajstić information content (AvgIpc) is 4.04. The van der Waals surface area contributed by atoms with E-state index in [2.05, 4.69) is 232 Å². The van der Waals surface area contributed by atoms with Crippen molar-refractivity contribution in [3.8, 4) is 33.4 Å². The van der Waals surface area contributed by atoms with Gasteiger partial charge in [0.25, 0.3) is 0 Å². The van der Waals surface area contributed by atoms with Crippen LogP contribution >= 0.6 is 0 Å². The van der Waals surface area contributed by atoms with Crippen LogP contribution < -0.4 is 9.80 Å². The van der Waals surface area contributed by atoms with Crippen LogP contribution in [0.1, 0.15) is 99.6 Å². The third kappa shape index (κ3) is 5.01. The molecule has 2 saturated carbocycles. The molecule has 0 aromatic heterocycles. The molecule has 0 N–H and O–H groups in total. The quantitative estimate of drug-likeness (QED) is 0.165. The lowest BCUT2D eigenvalue weighted by Crippen LogP contribution is -2.48. The van der Waals surface area contributed by atoms with Gasteiger partial charge in [-0.05, 0) is 167 Å². The summed E-state index contributed by atoms with van der Waals surface area (Å²) in [6.45, 7) is 10.1. The molecule has 2 fully saturated rings. The first-order chi connectivity index (χ1) is 31.7. The summed E-state index contributed by atoms with van der Waals surface area (Å²) in [4.78, 5) is 5.33. The van der Waals surface area contributed by atoms with E-state index in [-0.39, 0.29) is 21.9 Å². The van der Waals surface area contributed by atoms with Crippen LogP contribution in [0, 0.1) is 0 Å². The SMILES string of the molecule is CC12CCCC1(C)N(c1ccccc1)c1ccc(-c3ccc4c(c3)C(c3ccccc3)(c3ccccc3)c3cc(-c5ccc6c(c5)C5(C)CCCC5(C)N6c5ccccc5)ccc3-4)cc12. The third-order valence-corrected chi connectivity index (χ3v) is 18.0. The van der Waals surface area contributed by atoms with Gasteiger partial charge in [-0.2, -0.15) is 0 Å². The molecule has 318 valence electrons. The molecule has 8 aromatic carbocycles. The molecule has 0 saturated heterocycles. The zero-order valence-corrected chi connectivity index (χ0v) is 38.1. The first-order valence-electron chi connectivity index (χ1n) is 24.1. The van der Waals surface area contributed by atoms with Gasteiger partial charge in [0.2, 0.25) is 0 Å². The molecule has 4 unspecified atom stereocenters. The van der Waals surface area contributed by atoms with Crippen LogP contribution in [0.4, 0.5) is 22.7 Å². The van der Waals surface area contributed by atoms with E-state index >= 15 is 0 Å². The molecule has 13 rings (SSSR count). The summed E-state index contributed by atoms with van der Waals surface area (Å²) in [6, 6.07) is 74.3. The molecule has 0 bridgehead atoms. The topological polar surface area (TPSA) is 6.48 Å². The number of para-hydroxylation sites is 2. The van der Waals surface area contributed by atoms with Crippen molar-refractivity contribution in [2.45, 2.75) is 93.5 Å². The fourth-order valence-corrected chi connectivity index (χ4v) is 14.3. The zero-order chi connectivity index (χ0) is 43.8. The maximum atomic E-state index is 2.67. The Bertz CT molecular complexity index is 2960. The van der Waals surface area contributed by atoms with E-state index in [1.807, 2.05) is 0 Å². The van der Waals surface area contributed by atoms with E-state index in [4.69, 9.17) is 0 Å². The minimum absolute atomic E-state index is 0.0248. The summed E-state index contributed by atoms with van der Waals surface area (Å²) in [6.07, 6.45) is 7.26. The monoisotopic (exact) mass is 840 g/mol. The van der Waals surface area contributed by atoms with Gasteiger partial charge in [0.1, 0.15) is 0 Å². The highest BCUT2D eigenvalue weighted by molar-refractivity contribution is 5.91. The van der Waals surface area contributed by atoms with Gasteiger partial charge in [-0.3, -0.25) is 0 Å². The molecule has 2 aliphatic heterocycles. The molecule has 0 radical (unpaired) electrons. The Balaban J connectivity index is 0.985. The summed E-state index contributed by atoms with van der Waals surface area (Å²) < 4.78 is 0. The maximum Gasteiger partial charge on any atom is 0.0713 e. The van der Waals surface area contributed by atoms with Crippen molar-refractivity contribution < 1.29 is 0 Å². The van der Waals surface area contributed by atoms with Gasteiger partial charge in [0.15, 0.2) is 0 Å². The second-order valence-corrected chi connectivity index (χ2v) is 20.7. The Labute approximate surface area is 385 Å². The van der Waals surface area contributed by atoms with Crippen LogP contribution in [-0.4, -0.2) is 11.1 Å². The minimum atomic E-state index is -0.521. The first kappa shape index (κ1) is 38.8. The van der Waals surface area contributed by atoms with Crippen molar-refractivity contribution in [3.05, 3.63) is 228 Å². The smallest absolute Gasteiger partial charge is 0.0713 e. The third-order valence-electron chi connectivity index (χ3n) is 18.0. The second kappa shape index (κ2) is 13.7. The van der Waals surface area contributed by atoms with Crippen LogP contribution in [0.2, 0.25) is 0 Å². The summed E-state index contributed by atoms with van der Waals surface area (Å²) in [5.74, 6) is 0. The Kier molecular flexibility index (Phi) is 8.17. The second-order valence-electron chi connectivity index (χ2n) is 20.7. The summed E-state index contributed by atoms with van der Waals surface area (Å²) >= 11 is 0. The van der Waals surface area contributed by atoms with Gasteiger partial charge in [-0.25, -0.2) is 0 Å². The van der Waals surface area contributed by atoms with Gasteiger partial charge in [0, 0.05) is 33.6 Å². The number of hydrogen-bond donors (Lipinski definition) is 0. The van der Waals surface area contributed by atoms with Crippen LogP contribution in [0.3, 0.4) is 0 Å². The predicted octanol–water partition coefficient (Wildman–Crippen LogP) is 16.1. The molecular formula is C63H56N2. The van der Waals surface area contributed by atoms with Crippen LogP contribution in [-0.2, 0) is 16.2 Å². The van der Waals surface area contributed by atoms with Crippen LogP contribution in [0.25, 0.3) is 33.4 Å². The largest absolute Gasteiger partial charge is 0.334 e. The van der Waals surface area contributed by atoms with Gasteiger partial charge < -0.3 is 9.80 Å². The highest BCUT2D eigenvalue weighted by Gasteiger charge is 2.61. The van der Waals surface area contributed by atoms with E-state index < -0.39 is 5.41 Å². The molecule has 0 spiro atoms. The van der Waals surface area contributed by atoms with Crippen molar-refractivity contribution >= 4 is 22.7 Å². The van der Waals surface area contributed by atoms with E-state index in [1.165, 1.54) is 128 Å². The molecule has 2 nitrogen and oxygen atoms in total. The highest BCUT2D eigenvalue weighted by atomic mass is 15.3. The lowest BCUT2D eigenvalue weighted by molar-refractivity contribution is 0.330. The fraction of sp³-hybridized carbons (Fsp3) is 0.238. The van der Waals surface area contributed by atoms with Crippen LogP contribution in [0.15, 0.2) is 194 Å². The maximum absolute atomic E-state index is 2.67. The van der Waals surface area contributed by atoms with E-state index in [1.54, 1.807) is 0 Å². The van der Waals surface area contributed by atoms with Gasteiger partial charge >= 0.3 is 0 Å². The molecular weight excluding hydrogens is 785 g/mol. The zero-order valence-electron chi connectivity index (χ0n) is 38.1. The van der Waals surface area contributed by atoms with Gasteiger partial charge in [0.05, 0.1) is 16.5 Å².